The van der Waals surface area contributed by atoms with Crippen LogP contribution in [0.2, 0.25) is 0 Å². The molecule has 0 radical (unpaired) electrons. The van der Waals surface area contributed by atoms with Crippen LogP contribution in [0.4, 0.5) is 5.69 Å². The van der Waals surface area contributed by atoms with Gasteiger partial charge in [-0.05, 0) is 31.0 Å². The quantitative estimate of drug-likeness (QED) is 0.794. The smallest absolute Gasteiger partial charge is 0.241 e. The Balaban J connectivity index is 2.16. The maximum Gasteiger partial charge on any atom is 0.241 e. The average Bonchev–Trinajstić information content (AvgIpc) is 2.42. The van der Waals surface area contributed by atoms with Gasteiger partial charge < -0.3 is 15.2 Å². The third kappa shape index (κ3) is 3.29. The highest BCUT2D eigenvalue weighted by atomic mass is 32.2. The standard InChI is InChI=1S/C13H20N2O4S/c1-9-3-4-12(14)10(2)13(9)20(16,17)15-7-11-8-18-5-6-19-11/h3-4,11,15H,5-8,14H2,1-2H3. The van der Waals surface area contributed by atoms with Crippen LogP contribution < -0.4 is 10.5 Å². The summed E-state index contributed by atoms with van der Waals surface area (Å²) in [7, 11) is -3.61. The molecule has 112 valence electrons. The van der Waals surface area contributed by atoms with Crippen molar-refractivity contribution in [1.29, 1.82) is 0 Å². The summed E-state index contributed by atoms with van der Waals surface area (Å²) >= 11 is 0. The van der Waals surface area contributed by atoms with Gasteiger partial charge in [-0.15, -0.1) is 0 Å². The highest BCUT2D eigenvalue weighted by Gasteiger charge is 2.23. The molecule has 1 aromatic carbocycles. The van der Waals surface area contributed by atoms with Crippen LogP contribution in [0, 0.1) is 13.8 Å². The largest absolute Gasteiger partial charge is 0.398 e. The average molecular weight is 300 g/mol. The van der Waals surface area contributed by atoms with E-state index < -0.39 is 10.0 Å². The van der Waals surface area contributed by atoms with E-state index in [9.17, 15) is 8.42 Å². The van der Waals surface area contributed by atoms with Gasteiger partial charge in [0.1, 0.15) is 0 Å². The minimum atomic E-state index is -3.61. The van der Waals surface area contributed by atoms with Crippen molar-refractivity contribution >= 4 is 15.7 Å². The maximum atomic E-state index is 12.4. The second kappa shape index (κ2) is 6.09. The molecule has 0 spiro atoms. The Labute approximate surface area is 119 Å². The zero-order valence-electron chi connectivity index (χ0n) is 11.7. The third-order valence-electron chi connectivity index (χ3n) is 3.30. The van der Waals surface area contributed by atoms with Gasteiger partial charge in [-0.1, -0.05) is 6.07 Å². The minimum absolute atomic E-state index is 0.190. The summed E-state index contributed by atoms with van der Waals surface area (Å²) in [5.41, 5.74) is 7.49. The summed E-state index contributed by atoms with van der Waals surface area (Å²) in [4.78, 5) is 0.245. The predicted molar refractivity (Wildman–Crippen MR) is 76.1 cm³/mol. The number of benzene rings is 1. The van der Waals surface area contributed by atoms with Crippen LogP contribution in [0.1, 0.15) is 11.1 Å². The molecule has 3 N–H and O–H groups in total. The highest BCUT2D eigenvalue weighted by Crippen LogP contribution is 2.24. The summed E-state index contributed by atoms with van der Waals surface area (Å²) < 4.78 is 38.0. The summed E-state index contributed by atoms with van der Waals surface area (Å²) in [6, 6.07) is 3.42. The molecule has 1 aromatic rings. The molecule has 0 saturated carbocycles. The van der Waals surface area contributed by atoms with Gasteiger partial charge in [0.25, 0.3) is 0 Å². The fourth-order valence-corrected chi connectivity index (χ4v) is 3.75. The molecule has 1 saturated heterocycles. The summed E-state index contributed by atoms with van der Waals surface area (Å²) in [6.07, 6.45) is -0.250. The molecule has 0 aromatic heterocycles. The van der Waals surface area contributed by atoms with Gasteiger partial charge in [0.05, 0.1) is 30.8 Å². The van der Waals surface area contributed by atoms with E-state index in [2.05, 4.69) is 4.72 Å². The van der Waals surface area contributed by atoms with Crippen molar-refractivity contribution in [3.8, 4) is 0 Å². The van der Waals surface area contributed by atoms with Gasteiger partial charge in [0.15, 0.2) is 0 Å². The molecule has 0 bridgehead atoms. The van der Waals surface area contributed by atoms with E-state index in [0.29, 0.717) is 36.6 Å². The van der Waals surface area contributed by atoms with Crippen LogP contribution in [0.25, 0.3) is 0 Å². The number of aryl methyl sites for hydroxylation is 1. The second-order valence-corrected chi connectivity index (χ2v) is 6.55. The Hall–Kier alpha value is -1.15. The number of rotatable bonds is 4. The van der Waals surface area contributed by atoms with Crippen LogP contribution in [-0.4, -0.2) is 40.9 Å². The molecule has 1 fully saturated rings. The Kier molecular flexibility index (Phi) is 4.64. The molecular formula is C13H20N2O4S. The number of nitrogen functional groups attached to an aromatic ring is 1. The molecule has 6 nitrogen and oxygen atoms in total. The van der Waals surface area contributed by atoms with Crippen molar-refractivity contribution in [3.05, 3.63) is 23.3 Å². The van der Waals surface area contributed by atoms with Gasteiger partial charge in [0, 0.05) is 12.2 Å². The van der Waals surface area contributed by atoms with E-state index in [-0.39, 0.29) is 17.5 Å². The number of anilines is 1. The fraction of sp³-hybridized carbons (Fsp3) is 0.538. The fourth-order valence-electron chi connectivity index (χ4n) is 2.19. The van der Waals surface area contributed by atoms with E-state index in [1.54, 1.807) is 26.0 Å². The Morgan fingerprint density at radius 2 is 2.10 bits per heavy atom. The topological polar surface area (TPSA) is 90.7 Å². The SMILES string of the molecule is Cc1ccc(N)c(C)c1S(=O)(=O)NCC1COCCO1. The lowest BCUT2D eigenvalue weighted by atomic mass is 10.1. The Bertz CT molecular complexity index is 580. The van der Waals surface area contributed by atoms with Crippen molar-refractivity contribution in [3.63, 3.8) is 0 Å². The number of nitrogens with one attached hydrogen (secondary N) is 1. The molecular weight excluding hydrogens is 280 g/mol. The van der Waals surface area contributed by atoms with Gasteiger partial charge in [-0.3, -0.25) is 0 Å². The minimum Gasteiger partial charge on any atom is -0.398 e. The first kappa shape index (κ1) is 15.2. The predicted octanol–water partition coefficient (Wildman–Crippen LogP) is 0.579. The number of hydrogen-bond donors (Lipinski definition) is 2. The van der Waals surface area contributed by atoms with Gasteiger partial charge in [0.2, 0.25) is 10.0 Å². The number of nitrogens with two attached hydrogens (primary N) is 1. The van der Waals surface area contributed by atoms with Crippen molar-refractivity contribution in [2.24, 2.45) is 0 Å². The first-order chi connectivity index (χ1) is 9.42. The van der Waals surface area contributed by atoms with E-state index in [1.165, 1.54) is 0 Å². The van der Waals surface area contributed by atoms with Gasteiger partial charge in [-0.2, -0.15) is 0 Å². The van der Waals surface area contributed by atoms with E-state index >= 15 is 0 Å². The van der Waals surface area contributed by atoms with Gasteiger partial charge >= 0.3 is 0 Å². The summed E-state index contributed by atoms with van der Waals surface area (Å²) in [5, 5.41) is 0. The molecule has 1 atom stereocenters. The molecule has 7 heteroatoms. The summed E-state index contributed by atoms with van der Waals surface area (Å²) in [6.45, 7) is 5.09. The summed E-state index contributed by atoms with van der Waals surface area (Å²) in [5.74, 6) is 0. The lowest BCUT2D eigenvalue weighted by Gasteiger charge is -2.23. The van der Waals surface area contributed by atoms with Crippen molar-refractivity contribution in [1.82, 2.24) is 4.72 Å². The zero-order chi connectivity index (χ0) is 14.8. The van der Waals surface area contributed by atoms with Crippen LogP contribution >= 0.6 is 0 Å². The molecule has 0 amide bonds. The Morgan fingerprint density at radius 1 is 1.35 bits per heavy atom. The molecule has 0 aliphatic carbocycles. The maximum absolute atomic E-state index is 12.4. The van der Waals surface area contributed by atoms with E-state index in [4.69, 9.17) is 15.2 Å². The van der Waals surface area contributed by atoms with Crippen LogP contribution in [0.15, 0.2) is 17.0 Å². The lowest BCUT2D eigenvalue weighted by molar-refractivity contribution is -0.0846. The molecule has 1 aliphatic rings. The van der Waals surface area contributed by atoms with Crippen molar-refractivity contribution in [2.75, 3.05) is 32.1 Å². The molecule has 20 heavy (non-hydrogen) atoms. The van der Waals surface area contributed by atoms with E-state index in [1.807, 2.05) is 0 Å². The first-order valence-electron chi connectivity index (χ1n) is 6.46. The third-order valence-corrected chi connectivity index (χ3v) is 5.01. The molecule has 2 rings (SSSR count). The van der Waals surface area contributed by atoms with Crippen molar-refractivity contribution in [2.45, 2.75) is 24.8 Å². The number of ether oxygens (including phenoxy) is 2. The highest BCUT2D eigenvalue weighted by molar-refractivity contribution is 7.89. The Morgan fingerprint density at radius 3 is 2.75 bits per heavy atom. The normalized spacial score (nSPS) is 20.0. The molecule has 1 heterocycles. The lowest BCUT2D eigenvalue weighted by Crippen LogP contribution is -2.40. The van der Waals surface area contributed by atoms with E-state index in [0.717, 1.165) is 0 Å². The second-order valence-electron chi connectivity index (χ2n) is 4.85. The van der Waals surface area contributed by atoms with Crippen molar-refractivity contribution < 1.29 is 17.9 Å². The van der Waals surface area contributed by atoms with Gasteiger partial charge in [-0.25, -0.2) is 13.1 Å². The zero-order valence-corrected chi connectivity index (χ0v) is 12.5. The first-order valence-corrected chi connectivity index (χ1v) is 7.95. The number of sulfonamides is 1. The van der Waals surface area contributed by atoms with Crippen LogP contribution in [0.3, 0.4) is 0 Å². The molecule has 1 aliphatic heterocycles. The van der Waals surface area contributed by atoms with Crippen LogP contribution in [-0.2, 0) is 19.5 Å². The monoisotopic (exact) mass is 300 g/mol. The van der Waals surface area contributed by atoms with Crippen LogP contribution in [0.5, 0.6) is 0 Å². The molecule has 1 unspecified atom stereocenters. The number of hydrogen-bond acceptors (Lipinski definition) is 5.